The molecular formula is C40H36N4O4. The molecule has 0 atom stereocenters. The van der Waals surface area contributed by atoms with Crippen molar-refractivity contribution in [3.8, 4) is 28.6 Å². The van der Waals surface area contributed by atoms with Crippen molar-refractivity contribution in [3.05, 3.63) is 143 Å². The summed E-state index contributed by atoms with van der Waals surface area (Å²) in [6.45, 7) is 2.00. The van der Waals surface area contributed by atoms with Crippen LogP contribution in [0.15, 0.2) is 116 Å². The highest BCUT2D eigenvalue weighted by molar-refractivity contribution is 6.02. The summed E-state index contributed by atoms with van der Waals surface area (Å²) in [6, 6.07) is 34.5. The van der Waals surface area contributed by atoms with Gasteiger partial charge in [-0.1, -0.05) is 91.0 Å². The molecule has 1 aliphatic rings. The maximum atomic E-state index is 13.9. The number of fused-ring (bicyclic) bond motifs is 2. The first-order valence-electron chi connectivity index (χ1n) is 16.0. The normalized spacial score (nSPS) is 12.7. The first-order valence-corrected chi connectivity index (χ1v) is 16.0. The number of carbonyl (C=O) groups excluding carboxylic acids is 1. The van der Waals surface area contributed by atoms with Crippen molar-refractivity contribution in [3.63, 3.8) is 0 Å². The fraction of sp³-hybridized carbons (Fsp3) is 0.175. The molecule has 2 aromatic heterocycles. The Kier molecular flexibility index (Phi) is 8.87. The molecule has 0 spiro atoms. The van der Waals surface area contributed by atoms with Gasteiger partial charge in [-0.3, -0.25) is 4.79 Å². The van der Waals surface area contributed by atoms with Crippen LogP contribution in [0, 0.1) is 0 Å². The minimum absolute atomic E-state index is 0.0815. The van der Waals surface area contributed by atoms with Gasteiger partial charge in [-0.2, -0.15) is 0 Å². The maximum absolute atomic E-state index is 13.9. The standard InChI is InChI=1S/C40H36N4O4/c1-46-34-22-31-20-21-43(25-32(31)23-35(34)47-2)36(45)19-18-33-37-39(41-27-42-40(37)48-26-29-14-8-4-9-15-29)44(24-28-12-6-3-7-13-28)38(33)30-16-10-5-11-17-30/h3-19,22-23,27H,20-21,24-26H2,1-2H3/b19-18+. The predicted octanol–water partition coefficient (Wildman–Crippen LogP) is 7.34. The zero-order chi connectivity index (χ0) is 32.9. The van der Waals surface area contributed by atoms with Crippen molar-refractivity contribution in [2.45, 2.75) is 26.1 Å². The summed E-state index contributed by atoms with van der Waals surface area (Å²) >= 11 is 0. The highest BCUT2D eigenvalue weighted by Gasteiger charge is 2.25. The van der Waals surface area contributed by atoms with Crippen LogP contribution >= 0.6 is 0 Å². The summed E-state index contributed by atoms with van der Waals surface area (Å²) in [5.41, 5.74) is 7.86. The third-order valence-electron chi connectivity index (χ3n) is 8.71. The average molecular weight is 637 g/mol. The van der Waals surface area contributed by atoms with Gasteiger partial charge in [0, 0.05) is 31.3 Å². The molecule has 0 saturated carbocycles. The van der Waals surface area contributed by atoms with E-state index < -0.39 is 0 Å². The molecule has 0 aliphatic carbocycles. The molecule has 1 amide bonds. The van der Waals surface area contributed by atoms with Gasteiger partial charge in [0.2, 0.25) is 11.8 Å². The van der Waals surface area contributed by atoms with Crippen LogP contribution < -0.4 is 14.2 Å². The van der Waals surface area contributed by atoms with E-state index >= 15 is 0 Å². The fourth-order valence-electron chi connectivity index (χ4n) is 6.33. The predicted molar refractivity (Wildman–Crippen MR) is 187 cm³/mol. The average Bonchev–Trinajstić information content (AvgIpc) is 3.46. The van der Waals surface area contributed by atoms with E-state index in [9.17, 15) is 4.79 Å². The Balaban J connectivity index is 1.31. The monoisotopic (exact) mass is 636 g/mol. The van der Waals surface area contributed by atoms with E-state index in [-0.39, 0.29) is 5.91 Å². The summed E-state index contributed by atoms with van der Waals surface area (Å²) in [4.78, 5) is 25.1. The van der Waals surface area contributed by atoms with Crippen molar-refractivity contribution >= 4 is 23.0 Å². The van der Waals surface area contributed by atoms with Crippen molar-refractivity contribution < 1.29 is 19.0 Å². The van der Waals surface area contributed by atoms with Crippen LogP contribution in [0.5, 0.6) is 17.4 Å². The lowest BCUT2D eigenvalue weighted by molar-refractivity contribution is -0.126. The van der Waals surface area contributed by atoms with Gasteiger partial charge in [0.1, 0.15) is 18.6 Å². The van der Waals surface area contributed by atoms with E-state index in [1.54, 1.807) is 26.6 Å². The largest absolute Gasteiger partial charge is 0.493 e. The number of hydrogen-bond acceptors (Lipinski definition) is 6. The number of methoxy groups -OCH3 is 2. The number of aromatic nitrogens is 3. The smallest absolute Gasteiger partial charge is 0.246 e. The highest BCUT2D eigenvalue weighted by atomic mass is 16.5. The summed E-state index contributed by atoms with van der Waals surface area (Å²) < 4.78 is 19.6. The zero-order valence-corrected chi connectivity index (χ0v) is 27.0. The van der Waals surface area contributed by atoms with Crippen LogP contribution in [0.2, 0.25) is 0 Å². The van der Waals surface area contributed by atoms with Gasteiger partial charge in [-0.15, -0.1) is 0 Å². The van der Waals surface area contributed by atoms with E-state index in [2.05, 4.69) is 33.8 Å². The second-order valence-electron chi connectivity index (χ2n) is 11.7. The van der Waals surface area contributed by atoms with E-state index in [0.29, 0.717) is 43.6 Å². The van der Waals surface area contributed by atoms with Gasteiger partial charge in [-0.25, -0.2) is 9.97 Å². The van der Waals surface area contributed by atoms with Gasteiger partial charge >= 0.3 is 0 Å². The minimum Gasteiger partial charge on any atom is -0.493 e. The molecule has 0 bridgehead atoms. The van der Waals surface area contributed by atoms with Crippen LogP contribution in [-0.4, -0.2) is 46.1 Å². The van der Waals surface area contributed by atoms with Gasteiger partial charge < -0.3 is 23.7 Å². The lowest BCUT2D eigenvalue weighted by Crippen LogP contribution is -2.34. The molecule has 0 fully saturated rings. The molecule has 0 saturated heterocycles. The quantitative estimate of drug-likeness (QED) is 0.147. The lowest BCUT2D eigenvalue weighted by Gasteiger charge is -2.28. The van der Waals surface area contributed by atoms with Crippen molar-refractivity contribution in [1.29, 1.82) is 0 Å². The van der Waals surface area contributed by atoms with Crippen molar-refractivity contribution in [2.75, 3.05) is 20.8 Å². The molecule has 8 nitrogen and oxygen atoms in total. The molecule has 0 N–H and O–H groups in total. The second kappa shape index (κ2) is 13.8. The summed E-state index contributed by atoms with van der Waals surface area (Å²) in [7, 11) is 3.26. The van der Waals surface area contributed by atoms with Gasteiger partial charge in [0.05, 0.1) is 25.3 Å². The minimum atomic E-state index is -0.0815. The van der Waals surface area contributed by atoms with Crippen LogP contribution in [0.1, 0.15) is 27.8 Å². The third kappa shape index (κ3) is 6.25. The van der Waals surface area contributed by atoms with Gasteiger partial charge in [0.25, 0.3) is 0 Å². The summed E-state index contributed by atoms with van der Waals surface area (Å²) in [6.07, 6.45) is 5.84. The second-order valence-corrected chi connectivity index (χ2v) is 11.7. The number of carbonyl (C=O) groups is 1. The Labute approximate surface area is 279 Å². The number of amides is 1. The zero-order valence-electron chi connectivity index (χ0n) is 27.0. The maximum Gasteiger partial charge on any atom is 0.246 e. The van der Waals surface area contributed by atoms with Crippen LogP contribution in [0.25, 0.3) is 28.4 Å². The number of nitrogens with zero attached hydrogens (tertiary/aromatic N) is 4. The Bertz CT molecular complexity index is 2080. The van der Waals surface area contributed by atoms with Crippen LogP contribution in [-0.2, 0) is 30.9 Å². The third-order valence-corrected chi connectivity index (χ3v) is 8.71. The van der Waals surface area contributed by atoms with E-state index in [0.717, 1.165) is 56.5 Å². The molecule has 7 rings (SSSR count). The number of benzene rings is 4. The Morgan fingerprint density at radius 2 is 1.46 bits per heavy atom. The molecule has 0 unspecified atom stereocenters. The van der Waals surface area contributed by atoms with E-state index in [4.69, 9.17) is 19.2 Å². The molecule has 1 aliphatic heterocycles. The van der Waals surface area contributed by atoms with Gasteiger partial charge in [-0.05, 0) is 52.4 Å². The van der Waals surface area contributed by atoms with Crippen molar-refractivity contribution in [1.82, 2.24) is 19.4 Å². The highest BCUT2D eigenvalue weighted by Crippen LogP contribution is 2.39. The molecule has 240 valence electrons. The SMILES string of the molecule is COc1cc2c(cc1OC)CN(C(=O)/C=C/c1c(-c3ccccc3)n(Cc3ccccc3)c3ncnc(OCc4ccccc4)c13)CC2. The molecule has 8 heteroatoms. The molecule has 0 radical (unpaired) electrons. The summed E-state index contributed by atoms with van der Waals surface area (Å²) in [5, 5.41) is 0.757. The Hall–Kier alpha value is -5.89. The molecular weight excluding hydrogens is 600 g/mol. The molecule has 6 aromatic rings. The number of rotatable bonds is 10. The topological polar surface area (TPSA) is 78.7 Å². The van der Waals surface area contributed by atoms with Crippen molar-refractivity contribution in [2.24, 2.45) is 0 Å². The van der Waals surface area contributed by atoms with E-state index in [1.807, 2.05) is 89.8 Å². The van der Waals surface area contributed by atoms with Gasteiger partial charge in [0.15, 0.2) is 11.5 Å². The number of hydrogen-bond donors (Lipinski definition) is 0. The summed E-state index contributed by atoms with van der Waals surface area (Å²) in [5.74, 6) is 1.74. The van der Waals surface area contributed by atoms with Crippen LogP contribution in [0.4, 0.5) is 0 Å². The first kappa shape index (κ1) is 30.7. The fourth-order valence-corrected chi connectivity index (χ4v) is 6.33. The molecule has 48 heavy (non-hydrogen) atoms. The first-order chi connectivity index (χ1) is 23.6. The van der Waals surface area contributed by atoms with E-state index in [1.165, 1.54) is 0 Å². The number of ether oxygens (including phenoxy) is 3. The molecule has 3 heterocycles. The lowest BCUT2D eigenvalue weighted by atomic mass is 9.98. The van der Waals surface area contributed by atoms with Crippen LogP contribution in [0.3, 0.4) is 0 Å². The Morgan fingerprint density at radius 1 is 0.812 bits per heavy atom. The molecule has 4 aromatic carbocycles. The Morgan fingerprint density at radius 3 is 2.15 bits per heavy atom.